The number of carbonyl (C=O) groups excluding carboxylic acids is 1. The molecule has 8 nitrogen and oxygen atoms in total. The normalized spacial score (nSPS) is 25.1. The minimum absolute atomic E-state index is 0.0508. The lowest BCUT2D eigenvalue weighted by Crippen LogP contribution is -2.45. The van der Waals surface area contributed by atoms with Crippen LogP contribution in [0.15, 0.2) is 66.9 Å². The highest BCUT2D eigenvalue weighted by Crippen LogP contribution is 2.34. The number of nitrogens with zero attached hydrogens (tertiary/aromatic N) is 3. The summed E-state index contributed by atoms with van der Waals surface area (Å²) in [5, 5.41) is 11.5. The number of ether oxygens (including phenoxy) is 3. The molecule has 8 heteroatoms. The number of hydrogen-bond acceptors (Lipinski definition) is 6. The van der Waals surface area contributed by atoms with Gasteiger partial charge in [-0.25, -0.2) is 4.68 Å². The van der Waals surface area contributed by atoms with Gasteiger partial charge < -0.3 is 19.5 Å². The molecule has 0 aliphatic carbocycles. The van der Waals surface area contributed by atoms with Crippen molar-refractivity contribution in [3.63, 3.8) is 0 Å². The van der Waals surface area contributed by atoms with E-state index in [0.29, 0.717) is 19.0 Å². The molecule has 5 rings (SSSR count). The van der Waals surface area contributed by atoms with E-state index in [1.165, 1.54) is 0 Å². The molecule has 1 aromatic heterocycles. The molecule has 0 bridgehead atoms. The van der Waals surface area contributed by atoms with Crippen LogP contribution in [0.5, 0.6) is 5.75 Å². The van der Waals surface area contributed by atoms with Gasteiger partial charge in [0.1, 0.15) is 29.7 Å². The molecule has 30 heavy (non-hydrogen) atoms. The Balaban J connectivity index is 1.19. The molecule has 1 amide bonds. The van der Waals surface area contributed by atoms with Gasteiger partial charge in [-0.2, -0.15) is 0 Å². The van der Waals surface area contributed by atoms with Gasteiger partial charge in [-0.15, -0.1) is 5.10 Å². The topological polar surface area (TPSA) is 87.5 Å². The SMILES string of the molecule is O=C(COc1ccccc1)NC1COC2C1OCC2n1cc(-c2ccccc2)nn1. The summed E-state index contributed by atoms with van der Waals surface area (Å²) < 4.78 is 19.2. The van der Waals surface area contributed by atoms with E-state index in [0.717, 1.165) is 11.3 Å². The number of para-hydroxylation sites is 1. The zero-order valence-electron chi connectivity index (χ0n) is 16.3. The lowest BCUT2D eigenvalue weighted by molar-refractivity contribution is -0.124. The van der Waals surface area contributed by atoms with E-state index in [9.17, 15) is 4.79 Å². The third-order valence-electron chi connectivity index (χ3n) is 5.41. The molecule has 0 spiro atoms. The van der Waals surface area contributed by atoms with Crippen LogP contribution in [0.2, 0.25) is 0 Å². The van der Waals surface area contributed by atoms with E-state index in [2.05, 4.69) is 15.6 Å². The first-order valence-corrected chi connectivity index (χ1v) is 9.95. The highest BCUT2D eigenvalue weighted by atomic mass is 16.6. The average molecular weight is 406 g/mol. The Morgan fingerprint density at radius 2 is 1.77 bits per heavy atom. The summed E-state index contributed by atoms with van der Waals surface area (Å²) >= 11 is 0. The lowest BCUT2D eigenvalue weighted by atomic mass is 10.1. The van der Waals surface area contributed by atoms with Crippen LogP contribution < -0.4 is 10.1 Å². The fraction of sp³-hybridized carbons (Fsp3) is 0.318. The fourth-order valence-corrected chi connectivity index (χ4v) is 3.92. The number of aromatic nitrogens is 3. The molecule has 2 aromatic carbocycles. The number of hydrogen-bond donors (Lipinski definition) is 1. The van der Waals surface area contributed by atoms with E-state index in [1.54, 1.807) is 4.68 Å². The lowest BCUT2D eigenvalue weighted by Gasteiger charge is -2.18. The Morgan fingerprint density at radius 1 is 1.03 bits per heavy atom. The van der Waals surface area contributed by atoms with E-state index < -0.39 is 0 Å². The van der Waals surface area contributed by atoms with E-state index >= 15 is 0 Å². The molecule has 1 N–H and O–H groups in total. The van der Waals surface area contributed by atoms with Gasteiger partial charge in [-0.05, 0) is 12.1 Å². The molecule has 3 heterocycles. The first kappa shape index (κ1) is 18.8. The highest BCUT2D eigenvalue weighted by molar-refractivity contribution is 5.78. The van der Waals surface area contributed by atoms with E-state index in [4.69, 9.17) is 14.2 Å². The van der Waals surface area contributed by atoms with E-state index in [-0.39, 0.29) is 36.8 Å². The number of benzene rings is 2. The van der Waals surface area contributed by atoms with Crippen molar-refractivity contribution in [3.8, 4) is 17.0 Å². The zero-order chi connectivity index (χ0) is 20.3. The molecule has 0 saturated carbocycles. The summed E-state index contributed by atoms with van der Waals surface area (Å²) in [6, 6.07) is 18.9. The third kappa shape index (κ3) is 3.79. The average Bonchev–Trinajstić information content (AvgIpc) is 3.51. The molecule has 2 fully saturated rings. The molecule has 2 saturated heterocycles. The van der Waals surface area contributed by atoms with Gasteiger partial charge >= 0.3 is 0 Å². The summed E-state index contributed by atoms with van der Waals surface area (Å²) in [5.41, 5.74) is 1.81. The maximum atomic E-state index is 12.3. The number of amides is 1. The van der Waals surface area contributed by atoms with Gasteiger partial charge in [0, 0.05) is 5.56 Å². The molecule has 2 aliphatic rings. The minimum atomic E-state index is -0.222. The van der Waals surface area contributed by atoms with Crippen LogP contribution in [0.25, 0.3) is 11.3 Å². The van der Waals surface area contributed by atoms with Gasteiger partial charge in [0.15, 0.2) is 6.61 Å². The van der Waals surface area contributed by atoms with Crippen molar-refractivity contribution in [3.05, 3.63) is 66.9 Å². The van der Waals surface area contributed by atoms with Crippen molar-refractivity contribution in [2.24, 2.45) is 0 Å². The second-order valence-corrected chi connectivity index (χ2v) is 7.39. The molecule has 3 aromatic rings. The van der Waals surface area contributed by atoms with Crippen LogP contribution >= 0.6 is 0 Å². The van der Waals surface area contributed by atoms with Crippen LogP contribution in [-0.4, -0.2) is 59.0 Å². The van der Waals surface area contributed by atoms with Gasteiger partial charge in [-0.1, -0.05) is 53.7 Å². The summed E-state index contributed by atoms with van der Waals surface area (Å²) in [4.78, 5) is 12.3. The maximum absolute atomic E-state index is 12.3. The second-order valence-electron chi connectivity index (χ2n) is 7.39. The third-order valence-corrected chi connectivity index (χ3v) is 5.41. The molecule has 154 valence electrons. The smallest absolute Gasteiger partial charge is 0.258 e. The minimum Gasteiger partial charge on any atom is -0.484 e. The van der Waals surface area contributed by atoms with Crippen LogP contribution in [0.4, 0.5) is 0 Å². The van der Waals surface area contributed by atoms with Gasteiger partial charge in [-0.3, -0.25) is 4.79 Å². The predicted molar refractivity (Wildman–Crippen MR) is 108 cm³/mol. The Labute approximate surface area is 173 Å². The molecule has 2 aliphatic heterocycles. The maximum Gasteiger partial charge on any atom is 0.258 e. The summed E-state index contributed by atoms with van der Waals surface area (Å²) in [6.07, 6.45) is 1.50. The van der Waals surface area contributed by atoms with Gasteiger partial charge in [0.2, 0.25) is 0 Å². The largest absolute Gasteiger partial charge is 0.484 e. The van der Waals surface area contributed by atoms with Crippen LogP contribution in [0.1, 0.15) is 6.04 Å². The molecule has 4 atom stereocenters. The van der Waals surface area contributed by atoms with Gasteiger partial charge in [0.25, 0.3) is 5.91 Å². The molecule has 4 unspecified atom stereocenters. The monoisotopic (exact) mass is 406 g/mol. The van der Waals surface area contributed by atoms with Gasteiger partial charge in [0.05, 0.1) is 25.5 Å². The summed E-state index contributed by atoms with van der Waals surface area (Å²) in [7, 11) is 0. The van der Waals surface area contributed by atoms with Crippen LogP contribution in [0, 0.1) is 0 Å². The number of nitrogens with one attached hydrogen (secondary N) is 1. The van der Waals surface area contributed by atoms with Crippen molar-refractivity contribution in [1.29, 1.82) is 0 Å². The number of fused-ring (bicyclic) bond motifs is 1. The standard InChI is InChI=1S/C22H22N4O4/c27-20(14-28-16-9-5-2-6-10-16)23-18-12-29-22-19(13-30-21(18)22)26-11-17(24-25-26)15-7-3-1-4-8-15/h1-11,18-19,21-22H,12-14H2,(H,23,27). The fourth-order valence-electron chi connectivity index (χ4n) is 3.92. The van der Waals surface area contributed by atoms with Crippen molar-refractivity contribution in [2.75, 3.05) is 19.8 Å². The van der Waals surface area contributed by atoms with Crippen molar-refractivity contribution < 1.29 is 19.0 Å². The second kappa shape index (κ2) is 8.25. The predicted octanol–water partition coefficient (Wildman–Crippen LogP) is 1.85. The van der Waals surface area contributed by atoms with Crippen molar-refractivity contribution in [2.45, 2.75) is 24.3 Å². The van der Waals surface area contributed by atoms with Crippen molar-refractivity contribution >= 4 is 5.91 Å². The van der Waals surface area contributed by atoms with Crippen molar-refractivity contribution in [1.82, 2.24) is 20.3 Å². The Hall–Kier alpha value is -3.23. The first-order chi connectivity index (χ1) is 14.8. The number of carbonyl (C=O) groups is 1. The Kier molecular flexibility index (Phi) is 5.17. The molecular weight excluding hydrogens is 384 g/mol. The summed E-state index contributed by atoms with van der Waals surface area (Å²) in [5.74, 6) is 0.457. The summed E-state index contributed by atoms with van der Waals surface area (Å²) in [6.45, 7) is 0.799. The first-order valence-electron chi connectivity index (χ1n) is 9.95. The Morgan fingerprint density at radius 3 is 2.57 bits per heavy atom. The van der Waals surface area contributed by atoms with E-state index in [1.807, 2.05) is 66.9 Å². The van der Waals surface area contributed by atoms with Crippen LogP contribution in [0.3, 0.4) is 0 Å². The Bertz CT molecular complexity index is 995. The zero-order valence-corrected chi connectivity index (χ0v) is 16.3. The highest BCUT2D eigenvalue weighted by Gasteiger charge is 2.49. The quantitative estimate of drug-likeness (QED) is 0.672. The molecular formula is C22H22N4O4. The number of rotatable bonds is 6. The van der Waals surface area contributed by atoms with Crippen LogP contribution in [-0.2, 0) is 14.3 Å². The molecule has 0 radical (unpaired) electrons.